The van der Waals surface area contributed by atoms with Gasteiger partial charge in [-0.2, -0.15) is 0 Å². The molecule has 8 aromatic rings. The van der Waals surface area contributed by atoms with Gasteiger partial charge in [0.2, 0.25) is 0 Å². The molecule has 0 unspecified atom stereocenters. The van der Waals surface area contributed by atoms with Gasteiger partial charge in [-0.3, -0.25) is 20.2 Å². The molecule has 0 radical (unpaired) electrons. The number of nitrogens with one attached hydrogen (secondary N) is 2. The van der Waals surface area contributed by atoms with Crippen molar-refractivity contribution in [2.45, 2.75) is 11.2 Å². The quantitative estimate of drug-likeness (QED) is 0.0472. The van der Waals surface area contributed by atoms with E-state index in [1.54, 1.807) is 36.4 Å². The van der Waals surface area contributed by atoms with E-state index >= 15 is 0 Å². The summed E-state index contributed by atoms with van der Waals surface area (Å²) in [6.45, 7) is 1.70. The van der Waals surface area contributed by atoms with E-state index in [1.807, 2.05) is 72.8 Å². The van der Waals surface area contributed by atoms with Crippen molar-refractivity contribution in [3.63, 3.8) is 0 Å². The van der Waals surface area contributed by atoms with Crippen molar-refractivity contribution >= 4 is 47.3 Å². The number of nitrogens with zero attached hydrogens (tertiary/aromatic N) is 1. The second kappa shape index (κ2) is 24.0. The normalized spacial score (nSPS) is 14.0. The van der Waals surface area contributed by atoms with E-state index in [-0.39, 0.29) is 11.1 Å². The van der Waals surface area contributed by atoms with Crippen LogP contribution in [0.3, 0.4) is 0 Å². The van der Waals surface area contributed by atoms with Gasteiger partial charge in [0, 0.05) is 29.4 Å². The summed E-state index contributed by atoms with van der Waals surface area (Å²) in [5, 5.41) is 4.94. The summed E-state index contributed by atoms with van der Waals surface area (Å²) >= 11 is 6.12. The molecule has 380 valence electrons. The molecule has 0 atom stereocenters. The van der Waals surface area contributed by atoms with E-state index in [1.165, 1.54) is 0 Å². The number of imide groups is 2. The lowest BCUT2D eigenvalue weighted by atomic mass is 9.80. The monoisotopic (exact) mass is 1030 g/mol. The van der Waals surface area contributed by atoms with E-state index in [2.05, 4.69) is 173 Å². The Labute approximate surface area is 453 Å². The number of carbonyl (C=O) groups is 3. The molecule has 0 spiro atoms. The second-order valence-corrected chi connectivity index (χ2v) is 18.8. The Kier molecular flexibility index (Phi) is 16.0. The van der Waals surface area contributed by atoms with Gasteiger partial charge in [-0.25, -0.2) is 4.79 Å². The number of barbiturate groups is 1. The van der Waals surface area contributed by atoms with Crippen molar-refractivity contribution in [3.8, 4) is 0 Å². The van der Waals surface area contributed by atoms with Crippen LogP contribution >= 0.6 is 11.6 Å². The number of urea groups is 1. The van der Waals surface area contributed by atoms with Gasteiger partial charge in [0.1, 0.15) is 28.3 Å². The predicted octanol–water partition coefficient (Wildman–Crippen LogP) is 13.4. The maximum absolute atomic E-state index is 13.0. The highest BCUT2D eigenvalue weighted by Crippen LogP contribution is 2.42. The van der Waals surface area contributed by atoms with Gasteiger partial charge in [0.05, 0.1) is 13.2 Å². The van der Waals surface area contributed by atoms with Crippen molar-refractivity contribution in [1.29, 1.82) is 0 Å². The van der Waals surface area contributed by atoms with Crippen LogP contribution in [-0.4, -0.2) is 44.1 Å². The third kappa shape index (κ3) is 11.7. The SMILES string of the molecule is O=C1NC(=O)C(=C2C=C(/C=C/c3ccc(Cl)cc3)OC(/C=C/c3ccc(N(CCOC(c4ccccc4)(c4ccccc4)c4ccccc4)CCOC(c4ccccc4)(c4ccccc4)c4ccccc4)cc3)=C2)C(=O)N1. The maximum Gasteiger partial charge on any atom is 0.328 e. The lowest BCUT2D eigenvalue weighted by Crippen LogP contribution is -2.51. The van der Waals surface area contributed by atoms with E-state index in [4.69, 9.17) is 25.8 Å². The Morgan fingerprint density at radius 1 is 0.429 bits per heavy atom. The van der Waals surface area contributed by atoms with Crippen molar-refractivity contribution in [2.24, 2.45) is 0 Å². The Morgan fingerprint density at radius 2 is 0.753 bits per heavy atom. The largest absolute Gasteiger partial charge is 0.457 e. The van der Waals surface area contributed by atoms with Crippen LogP contribution in [-0.2, 0) is 35.0 Å². The predicted molar refractivity (Wildman–Crippen MR) is 304 cm³/mol. The van der Waals surface area contributed by atoms with Crippen LogP contribution in [0.2, 0.25) is 5.02 Å². The van der Waals surface area contributed by atoms with Crippen LogP contribution in [0.25, 0.3) is 12.2 Å². The van der Waals surface area contributed by atoms with Gasteiger partial charge in [-0.05, 0) is 93.1 Å². The number of carbonyl (C=O) groups excluding carboxylic acids is 3. The van der Waals surface area contributed by atoms with Gasteiger partial charge in [0.25, 0.3) is 11.8 Å². The first-order chi connectivity index (χ1) is 37.8. The molecule has 1 saturated heterocycles. The highest BCUT2D eigenvalue weighted by molar-refractivity contribution is 6.30. The zero-order chi connectivity index (χ0) is 52.9. The van der Waals surface area contributed by atoms with E-state index in [0.717, 1.165) is 50.2 Å². The molecule has 77 heavy (non-hydrogen) atoms. The third-order valence-corrected chi connectivity index (χ3v) is 13.7. The molecule has 0 bridgehead atoms. The Hall–Kier alpha value is -9.12. The van der Waals surface area contributed by atoms with Crippen molar-refractivity contribution in [3.05, 3.63) is 327 Å². The van der Waals surface area contributed by atoms with Crippen LogP contribution in [0.5, 0.6) is 0 Å². The number of halogens is 1. The number of hydrogen-bond acceptors (Lipinski definition) is 7. The molecule has 2 heterocycles. The molecular formula is C67H54ClN3O6. The van der Waals surface area contributed by atoms with Crippen LogP contribution in [0, 0.1) is 0 Å². The molecule has 2 N–H and O–H groups in total. The molecule has 0 saturated carbocycles. The van der Waals surface area contributed by atoms with Crippen LogP contribution in [0.15, 0.2) is 277 Å². The molecule has 10 rings (SSSR count). The van der Waals surface area contributed by atoms with Gasteiger partial charge < -0.3 is 19.1 Å². The van der Waals surface area contributed by atoms with Crippen LogP contribution in [0.4, 0.5) is 10.5 Å². The lowest BCUT2D eigenvalue weighted by Gasteiger charge is -2.38. The Morgan fingerprint density at radius 3 is 1.09 bits per heavy atom. The summed E-state index contributed by atoms with van der Waals surface area (Å²) in [7, 11) is 0. The minimum atomic E-state index is -0.919. The molecule has 0 aromatic heterocycles. The topological polar surface area (TPSA) is 106 Å². The fraction of sp³-hybridized carbons (Fsp3) is 0.0896. The summed E-state index contributed by atoms with van der Waals surface area (Å²) in [4.78, 5) is 40.3. The zero-order valence-corrected chi connectivity index (χ0v) is 42.8. The smallest absolute Gasteiger partial charge is 0.328 e. The van der Waals surface area contributed by atoms with Crippen molar-refractivity contribution < 1.29 is 28.6 Å². The molecular weight excluding hydrogens is 978 g/mol. The number of hydrogen-bond donors (Lipinski definition) is 2. The molecule has 4 amide bonds. The number of ether oxygens (including phenoxy) is 3. The molecule has 8 aromatic carbocycles. The zero-order valence-electron chi connectivity index (χ0n) is 42.0. The number of anilines is 1. The molecule has 0 aliphatic carbocycles. The van der Waals surface area contributed by atoms with Gasteiger partial charge in [0.15, 0.2) is 0 Å². The molecule has 2 aliphatic heterocycles. The summed E-state index contributed by atoms with van der Waals surface area (Å²) in [5.74, 6) is -0.884. The number of benzene rings is 8. The van der Waals surface area contributed by atoms with E-state index < -0.39 is 29.0 Å². The molecule has 9 nitrogen and oxygen atoms in total. The highest BCUT2D eigenvalue weighted by Gasteiger charge is 2.39. The first-order valence-corrected chi connectivity index (χ1v) is 25.8. The summed E-state index contributed by atoms with van der Waals surface area (Å²) in [6.07, 6.45) is 10.4. The van der Waals surface area contributed by atoms with Crippen molar-refractivity contribution in [1.82, 2.24) is 10.6 Å². The summed E-state index contributed by atoms with van der Waals surface area (Å²) < 4.78 is 21.0. The fourth-order valence-electron chi connectivity index (χ4n) is 9.83. The molecule has 10 heteroatoms. The average molecular weight is 1030 g/mol. The second-order valence-electron chi connectivity index (χ2n) is 18.3. The lowest BCUT2D eigenvalue weighted by molar-refractivity contribution is -0.124. The summed E-state index contributed by atoms with van der Waals surface area (Å²) in [5.41, 5.74) is 6.99. The number of allylic oxidation sites excluding steroid dienone is 5. The van der Waals surface area contributed by atoms with E-state index in [0.29, 0.717) is 42.8 Å². The summed E-state index contributed by atoms with van der Waals surface area (Å²) in [6, 6.07) is 76.9. The maximum atomic E-state index is 13.0. The van der Waals surface area contributed by atoms with Crippen LogP contribution in [0.1, 0.15) is 44.5 Å². The third-order valence-electron chi connectivity index (χ3n) is 13.5. The van der Waals surface area contributed by atoms with Crippen LogP contribution < -0.4 is 15.5 Å². The highest BCUT2D eigenvalue weighted by atomic mass is 35.5. The van der Waals surface area contributed by atoms with Gasteiger partial charge >= 0.3 is 6.03 Å². The molecule has 1 fully saturated rings. The average Bonchev–Trinajstić information content (AvgIpc) is 3.50. The van der Waals surface area contributed by atoms with E-state index in [9.17, 15) is 14.4 Å². The first-order valence-electron chi connectivity index (χ1n) is 25.4. The number of rotatable bonds is 19. The van der Waals surface area contributed by atoms with Crippen molar-refractivity contribution in [2.75, 3.05) is 31.2 Å². The fourth-order valence-corrected chi connectivity index (χ4v) is 9.96. The number of amides is 4. The first kappa shape index (κ1) is 51.4. The molecule has 2 aliphatic rings. The minimum Gasteiger partial charge on any atom is -0.457 e. The Balaban J connectivity index is 0.974. The minimum absolute atomic E-state index is 0.212. The van der Waals surface area contributed by atoms with Gasteiger partial charge in [-0.15, -0.1) is 0 Å². The standard InChI is InChI=1S/C67H54ClN3O6/c68-58-37-31-49(32-38-58)35-41-60-47-51(62-63(72)69-65(74)70-64(62)73)48-61(77-60)42-36-50-33-39-59(40-34-50)71(43-45-75-66(52-19-7-1-8-20-52,53-21-9-2-10-22-53)54-23-11-3-12-24-54)44-46-76-67(55-25-13-4-14-26-55,56-27-15-5-16-28-56)57-29-17-6-18-30-57/h1-42,47-48H,43-46H2,(H2,69,70,72,73,74)/b41-35+,42-36+. The van der Waals surface area contributed by atoms with Gasteiger partial charge in [-0.1, -0.05) is 230 Å². The Bertz CT molecular complexity index is 3130.